The van der Waals surface area contributed by atoms with Crippen LogP contribution < -0.4 is 4.90 Å². The molecule has 0 fully saturated rings. The second-order valence-corrected chi connectivity index (χ2v) is 6.63. The summed E-state index contributed by atoms with van der Waals surface area (Å²) in [5, 5.41) is 0.707. The second-order valence-electron chi connectivity index (χ2n) is 5.11. The van der Waals surface area contributed by atoms with Crippen LogP contribution in [-0.4, -0.2) is 32.0 Å². The lowest BCUT2D eigenvalue weighted by atomic mass is 10.2. The predicted octanol–water partition coefficient (Wildman–Crippen LogP) is 5.32. The van der Waals surface area contributed by atoms with E-state index in [0.717, 1.165) is 24.3 Å². The van der Waals surface area contributed by atoms with Crippen molar-refractivity contribution in [3.05, 3.63) is 47.5 Å². The maximum Gasteiger partial charge on any atom is 0.0567 e. The number of hydrogen-bond acceptors (Lipinski definition) is 3. The molecule has 1 aliphatic heterocycles. The molecule has 1 heterocycles. The Morgan fingerprint density at radius 2 is 1.95 bits per heavy atom. The van der Waals surface area contributed by atoms with Crippen molar-refractivity contribution in [1.29, 1.82) is 0 Å². The summed E-state index contributed by atoms with van der Waals surface area (Å²) >= 11 is 7.93. The van der Waals surface area contributed by atoms with Crippen LogP contribution in [0.3, 0.4) is 0 Å². The van der Waals surface area contributed by atoms with Gasteiger partial charge in [-0.3, -0.25) is 0 Å². The van der Waals surface area contributed by atoms with Crippen LogP contribution in [0.2, 0.25) is 5.02 Å². The highest BCUT2D eigenvalue weighted by atomic mass is 35.5. The molecule has 0 amide bonds. The van der Waals surface area contributed by atoms with Gasteiger partial charge in [-0.2, -0.15) is 0 Å². The number of nitrogens with zero attached hydrogens (tertiary/aromatic N) is 2. The third-order valence-electron chi connectivity index (χ3n) is 3.46. The lowest BCUT2D eigenvalue weighted by Gasteiger charge is -2.33. The van der Waals surface area contributed by atoms with Gasteiger partial charge in [0.1, 0.15) is 0 Å². The van der Waals surface area contributed by atoms with Gasteiger partial charge < -0.3 is 9.80 Å². The molecule has 0 saturated carbocycles. The van der Waals surface area contributed by atoms with E-state index in [-0.39, 0.29) is 12.4 Å². The van der Waals surface area contributed by atoms with E-state index < -0.39 is 6.98 Å². The highest BCUT2D eigenvalue weighted by Gasteiger charge is 2.22. The van der Waals surface area contributed by atoms with Gasteiger partial charge in [-0.25, -0.2) is 0 Å². The molecule has 0 aromatic heterocycles. The monoisotopic (exact) mass is 358 g/mol. The van der Waals surface area contributed by atoms with Crippen molar-refractivity contribution in [2.75, 3.05) is 32.0 Å². The Morgan fingerprint density at radius 1 is 1.18 bits per heavy atom. The molecule has 3 rings (SSSR count). The Morgan fingerprint density at radius 3 is 2.77 bits per heavy atom. The minimum absolute atomic E-state index is 0. The fourth-order valence-electron chi connectivity index (χ4n) is 2.51. The summed E-state index contributed by atoms with van der Waals surface area (Å²) in [7, 11) is 1.64. The molecule has 0 unspecified atom stereocenters. The molecular formula is C17H20Cl2N2S. The molecule has 5 heteroatoms. The molecule has 0 bridgehead atoms. The zero-order chi connectivity index (χ0) is 17.3. The summed E-state index contributed by atoms with van der Waals surface area (Å²) in [6.45, 7) is -0.791. The zero-order valence-corrected chi connectivity index (χ0v) is 14.6. The van der Waals surface area contributed by atoms with Crippen LogP contribution in [0, 0.1) is 0 Å². The van der Waals surface area contributed by atoms with Crippen LogP contribution in [0.4, 0.5) is 11.4 Å². The SMILES string of the molecule is Cl.[2H][13C]([2H])([2H])N(C)CCCN1c2ccccc2Sc2ccc(Cl)cc21. The van der Waals surface area contributed by atoms with Crippen molar-refractivity contribution >= 4 is 47.1 Å². The van der Waals surface area contributed by atoms with Crippen molar-refractivity contribution in [2.45, 2.75) is 16.2 Å². The first-order valence-electron chi connectivity index (χ1n) is 8.41. The predicted molar refractivity (Wildman–Crippen MR) is 99.4 cm³/mol. The van der Waals surface area contributed by atoms with E-state index in [0.29, 0.717) is 11.6 Å². The third-order valence-corrected chi connectivity index (χ3v) is 4.83. The number of anilines is 2. The van der Waals surface area contributed by atoms with E-state index in [2.05, 4.69) is 17.0 Å². The lowest BCUT2D eigenvalue weighted by molar-refractivity contribution is 0.402. The van der Waals surface area contributed by atoms with Crippen molar-refractivity contribution in [3.8, 4) is 0 Å². The van der Waals surface area contributed by atoms with E-state index >= 15 is 0 Å². The molecule has 2 aromatic carbocycles. The fraction of sp³-hybridized carbons (Fsp3) is 0.294. The number of rotatable bonds is 4. The van der Waals surface area contributed by atoms with Crippen LogP contribution in [0.1, 0.15) is 10.5 Å². The number of halogens is 2. The molecule has 118 valence electrons. The van der Waals surface area contributed by atoms with Crippen molar-refractivity contribution < 1.29 is 4.11 Å². The Balaban J connectivity index is 0.00000225. The molecule has 2 aromatic rings. The van der Waals surface area contributed by atoms with Gasteiger partial charge in [0.2, 0.25) is 0 Å². The van der Waals surface area contributed by atoms with Crippen LogP contribution >= 0.6 is 35.8 Å². The van der Waals surface area contributed by atoms with E-state index in [9.17, 15) is 0 Å². The number of hydrogen-bond donors (Lipinski definition) is 0. The van der Waals surface area contributed by atoms with Gasteiger partial charge in [0.15, 0.2) is 0 Å². The molecule has 0 radical (unpaired) electrons. The molecule has 22 heavy (non-hydrogen) atoms. The maximum atomic E-state index is 7.45. The van der Waals surface area contributed by atoms with Gasteiger partial charge in [0.05, 0.1) is 11.4 Å². The molecule has 0 aliphatic carbocycles. The smallest absolute Gasteiger partial charge is 0.0567 e. The van der Waals surface area contributed by atoms with Crippen LogP contribution in [0.25, 0.3) is 0 Å². The summed E-state index contributed by atoms with van der Waals surface area (Å²) in [5.74, 6) is 0. The Hall–Kier alpha value is -0.870. The standard InChI is InChI=1S/C17H19ClN2S.ClH/c1-19(2)10-5-11-20-14-6-3-4-7-16(14)21-17-9-8-13(18)12-15(17)20;/h3-4,6-9,12H,5,10-11H2,1-2H3;1H/i1+1D3;. The van der Waals surface area contributed by atoms with Gasteiger partial charge in [0, 0.05) is 25.5 Å². The summed E-state index contributed by atoms with van der Waals surface area (Å²) in [5.41, 5.74) is 2.23. The van der Waals surface area contributed by atoms with Crippen LogP contribution in [0.15, 0.2) is 52.3 Å². The van der Waals surface area contributed by atoms with Crippen molar-refractivity contribution in [3.63, 3.8) is 0 Å². The first kappa shape index (κ1) is 13.6. The van der Waals surface area contributed by atoms with E-state index in [1.54, 1.807) is 18.8 Å². The van der Waals surface area contributed by atoms with Gasteiger partial charge in [0.25, 0.3) is 0 Å². The quantitative estimate of drug-likeness (QED) is 0.683. The normalized spacial score (nSPS) is 15.2. The third kappa shape index (κ3) is 3.72. The minimum Gasteiger partial charge on any atom is -0.340 e. The van der Waals surface area contributed by atoms with Crippen LogP contribution in [-0.2, 0) is 0 Å². The summed E-state index contributed by atoms with van der Waals surface area (Å²) in [6, 6.07) is 14.2. The maximum absolute atomic E-state index is 7.45. The first-order chi connectivity index (χ1) is 11.4. The topological polar surface area (TPSA) is 6.48 Å². The molecular weight excluding hydrogens is 336 g/mol. The molecule has 0 atom stereocenters. The van der Waals surface area contributed by atoms with Gasteiger partial charge in [-0.15, -0.1) is 12.4 Å². The lowest BCUT2D eigenvalue weighted by Crippen LogP contribution is -2.25. The summed E-state index contributed by atoms with van der Waals surface area (Å²) in [6.07, 6.45) is 0.750. The number of benzene rings is 2. The van der Waals surface area contributed by atoms with Crippen LogP contribution in [0.5, 0.6) is 0 Å². The average molecular weight is 359 g/mol. The molecule has 0 N–H and O–H groups in total. The molecule has 1 aliphatic rings. The van der Waals surface area contributed by atoms with E-state index in [1.165, 1.54) is 14.7 Å². The Bertz CT molecular complexity index is 740. The number of fused-ring (bicyclic) bond motifs is 2. The summed E-state index contributed by atoms with van der Waals surface area (Å²) in [4.78, 5) is 6.02. The highest BCUT2D eigenvalue weighted by molar-refractivity contribution is 7.99. The average Bonchev–Trinajstić information content (AvgIpc) is 2.53. The van der Waals surface area contributed by atoms with Gasteiger partial charge in [-0.05, 0) is 57.3 Å². The molecule has 0 saturated heterocycles. The van der Waals surface area contributed by atoms with Gasteiger partial charge in [-0.1, -0.05) is 35.5 Å². The highest BCUT2D eigenvalue weighted by Crippen LogP contribution is 2.48. The molecule has 2 nitrogen and oxygen atoms in total. The second kappa shape index (κ2) is 7.60. The first-order valence-corrected chi connectivity index (χ1v) is 8.11. The van der Waals surface area contributed by atoms with E-state index in [4.69, 9.17) is 15.7 Å². The van der Waals surface area contributed by atoms with E-state index in [1.807, 2.05) is 30.3 Å². The molecule has 0 spiro atoms. The van der Waals surface area contributed by atoms with Crippen molar-refractivity contribution in [2.24, 2.45) is 0 Å². The number of para-hydroxylation sites is 1. The van der Waals surface area contributed by atoms with Gasteiger partial charge >= 0.3 is 0 Å². The van der Waals surface area contributed by atoms with Crippen molar-refractivity contribution in [1.82, 2.24) is 4.90 Å². The fourth-order valence-corrected chi connectivity index (χ4v) is 3.75. The Kier molecular flexibility index (Phi) is 4.68. The minimum atomic E-state index is -2.04. The zero-order valence-electron chi connectivity index (χ0n) is 15.3. The Labute approximate surface area is 152 Å². The largest absolute Gasteiger partial charge is 0.340 e. The summed E-state index contributed by atoms with van der Waals surface area (Å²) < 4.78 is 22.3.